The van der Waals surface area contributed by atoms with Crippen molar-refractivity contribution in [2.75, 3.05) is 46.3 Å². The molecule has 1 aliphatic carbocycles. The zero-order valence-corrected chi connectivity index (χ0v) is 14.4. The van der Waals surface area contributed by atoms with Crippen molar-refractivity contribution < 1.29 is 0 Å². The summed E-state index contributed by atoms with van der Waals surface area (Å²) in [6.07, 6.45) is 12.7. The van der Waals surface area contributed by atoms with Gasteiger partial charge in [-0.15, -0.1) is 0 Å². The van der Waals surface area contributed by atoms with Crippen LogP contribution in [-0.2, 0) is 0 Å². The predicted molar refractivity (Wildman–Crippen MR) is 93.4 cm³/mol. The summed E-state index contributed by atoms with van der Waals surface area (Å²) in [5.74, 6) is 1.14. The van der Waals surface area contributed by atoms with Crippen LogP contribution in [0.5, 0.6) is 0 Å². The first-order valence-corrected chi connectivity index (χ1v) is 9.49. The minimum absolute atomic E-state index is 0.627. The highest BCUT2D eigenvalue weighted by Gasteiger charge is 2.40. The van der Waals surface area contributed by atoms with Gasteiger partial charge in [-0.05, 0) is 50.6 Å². The van der Waals surface area contributed by atoms with Crippen LogP contribution in [0.2, 0.25) is 0 Å². The van der Waals surface area contributed by atoms with Crippen LogP contribution in [0, 0.1) is 5.41 Å². The maximum Gasteiger partial charge on any atom is 0.193 e. The van der Waals surface area contributed by atoms with Gasteiger partial charge in [0.1, 0.15) is 0 Å². The summed E-state index contributed by atoms with van der Waals surface area (Å²) in [6.45, 7) is 7.20. The standard InChI is InChI=1S/C18H34N4/c1-19-17(20-11-15-21-12-6-2-3-7-13-21)22-14-10-18(16-22)8-4-5-9-18/h2-16H2,1H3,(H,19,20). The molecule has 0 radical (unpaired) electrons. The van der Waals surface area contributed by atoms with Gasteiger partial charge in [-0.2, -0.15) is 0 Å². The monoisotopic (exact) mass is 306 g/mol. The third-order valence-electron chi connectivity index (χ3n) is 6.02. The third-order valence-corrected chi connectivity index (χ3v) is 6.02. The largest absolute Gasteiger partial charge is 0.355 e. The molecule has 3 fully saturated rings. The van der Waals surface area contributed by atoms with E-state index in [1.54, 1.807) is 0 Å². The van der Waals surface area contributed by atoms with Crippen LogP contribution in [0.1, 0.15) is 57.8 Å². The molecule has 4 nitrogen and oxygen atoms in total. The Morgan fingerprint density at radius 1 is 0.955 bits per heavy atom. The molecule has 1 saturated carbocycles. The van der Waals surface area contributed by atoms with Gasteiger partial charge in [-0.25, -0.2) is 0 Å². The summed E-state index contributed by atoms with van der Waals surface area (Å²) in [7, 11) is 1.94. The molecule has 2 saturated heterocycles. The van der Waals surface area contributed by atoms with Gasteiger partial charge in [0.15, 0.2) is 5.96 Å². The molecule has 2 heterocycles. The molecule has 0 atom stereocenters. The fourth-order valence-corrected chi connectivity index (χ4v) is 4.67. The lowest BCUT2D eigenvalue weighted by Gasteiger charge is -2.27. The zero-order chi connectivity index (χ0) is 15.3. The van der Waals surface area contributed by atoms with Gasteiger partial charge in [-0.3, -0.25) is 4.99 Å². The molecular formula is C18H34N4. The molecule has 22 heavy (non-hydrogen) atoms. The van der Waals surface area contributed by atoms with E-state index in [-0.39, 0.29) is 0 Å². The SMILES string of the molecule is CN=C(NCCN1CCCCCC1)N1CCC2(CCCC2)C1. The van der Waals surface area contributed by atoms with Crippen molar-refractivity contribution in [2.45, 2.75) is 57.8 Å². The van der Waals surface area contributed by atoms with Crippen molar-refractivity contribution in [1.82, 2.24) is 15.1 Å². The van der Waals surface area contributed by atoms with E-state index in [0.29, 0.717) is 5.41 Å². The number of likely N-dealkylation sites (tertiary alicyclic amines) is 2. The van der Waals surface area contributed by atoms with Crippen molar-refractivity contribution in [3.63, 3.8) is 0 Å². The van der Waals surface area contributed by atoms with Crippen molar-refractivity contribution in [2.24, 2.45) is 10.4 Å². The summed E-state index contributed by atoms with van der Waals surface area (Å²) in [6, 6.07) is 0. The Labute approximate surface area is 136 Å². The van der Waals surface area contributed by atoms with Gasteiger partial charge >= 0.3 is 0 Å². The highest BCUT2D eigenvalue weighted by molar-refractivity contribution is 5.80. The van der Waals surface area contributed by atoms with Crippen LogP contribution in [0.25, 0.3) is 0 Å². The highest BCUT2D eigenvalue weighted by Crippen LogP contribution is 2.45. The Bertz CT molecular complexity index is 365. The van der Waals surface area contributed by atoms with E-state index < -0.39 is 0 Å². The van der Waals surface area contributed by atoms with Gasteiger partial charge in [0.05, 0.1) is 0 Å². The second-order valence-corrected chi connectivity index (χ2v) is 7.61. The van der Waals surface area contributed by atoms with Gasteiger partial charge < -0.3 is 15.1 Å². The Morgan fingerprint density at radius 3 is 2.36 bits per heavy atom. The van der Waals surface area contributed by atoms with E-state index in [4.69, 9.17) is 0 Å². The minimum atomic E-state index is 0.627. The van der Waals surface area contributed by atoms with Crippen LogP contribution in [0.4, 0.5) is 0 Å². The Morgan fingerprint density at radius 2 is 1.68 bits per heavy atom. The van der Waals surface area contributed by atoms with Crippen molar-refractivity contribution >= 4 is 5.96 Å². The van der Waals surface area contributed by atoms with Crippen LogP contribution in [0.15, 0.2) is 4.99 Å². The Balaban J connectivity index is 1.42. The normalized spacial score (nSPS) is 26.6. The zero-order valence-electron chi connectivity index (χ0n) is 14.4. The van der Waals surface area contributed by atoms with Crippen molar-refractivity contribution in [3.8, 4) is 0 Å². The quantitative estimate of drug-likeness (QED) is 0.642. The average Bonchev–Trinajstić information content (AvgIpc) is 3.08. The number of hydrogen-bond donors (Lipinski definition) is 1. The molecule has 0 aromatic carbocycles. The van der Waals surface area contributed by atoms with E-state index in [9.17, 15) is 0 Å². The summed E-state index contributed by atoms with van der Waals surface area (Å²) in [4.78, 5) is 9.67. The van der Waals surface area contributed by atoms with E-state index in [1.165, 1.54) is 84.0 Å². The minimum Gasteiger partial charge on any atom is -0.355 e. The number of hydrogen-bond acceptors (Lipinski definition) is 2. The molecular weight excluding hydrogens is 272 g/mol. The average molecular weight is 306 g/mol. The molecule has 0 unspecified atom stereocenters. The predicted octanol–water partition coefficient (Wildman–Crippen LogP) is 2.70. The lowest BCUT2D eigenvalue weighted by molar-refractivity contribution is 0.285. The van der Waals surface area contributed by atoms with E-state index in [1.807, 2.05) is 7.05 Å². The smallest absolute Gasteiger partial charge is 0.193 e. The summed E-state index contributed by atoms with van der Waals surface area (Å²) in [5.41, 5.74) is 0.627. The van der Waals surface area contributed by atoms with Crippen LogP contribution in [-0.4, -0.2) is 62.1 Å². The number of nitrogens with one attached hydrogen (secondary N) is 1. The first-order chi connectivity index (χ1) is 10.8. The van der Waals surface area contributed by atoms with Gasteiger partial charge in [0.2, 0.25) is 0 Å². The molecule has 0 aromatic rings. The molecule has 1 N–H and O–H groups in total. The number of aliphatic imine (C=N–C) groups is 1. The maximum absolute atomic E-state index is 4.54. The first kappa shape index (κ1) is 16.1. The van der Waals surface area contributed by atoms with Gasteiger partial charge in [0.25, 0.3) is 0 Å². The molecule has 2 aliphatic heterocycles. The van der Waals surface area contributed by atoms with Gasteiger partial charge in [-0.1, -0.05) is 25.7 Å². The van der Waals surface area contributed by atoms with E-state index >= 15 is 0 Å². The maximum atomic E-state index is 4.54. The number of rotatable bonds is 3. The lowest BCUT2D eigenvalue weighted by atomic mass is 9.86. The first-order valence-electron chi connectivity index (χ1n) is 9.49. The Hall–Kier alpha value is -0.770. The fourth-order valence-electron chi connectivity index (χ4n) is 4.67. The van der Waals surface area contributed by atoms with Crippen molar-refractivity contribution in [3.05, 3.63) is 0 Å². The molecule has 0 amide bonds. The molecule has 1 spiro atoms. The molecule has 0 bridgehead atoms. The summed E-state index contributed by atoms with van der Waals surface area (Å²) < 4.78 is 0. The van der Waals surface area contributed by atoms with Crippen LogP contribution in [0.3, 0.4) is 0 Å². The van der Waals surface area contributed by atoms with E-state index in [2.05, 4.69) is 20.1 Å². The van der Waals surface area contributed by atoms with Gasteiger partial charge in [0, 0.05) is 33.2 Å². The number of guanidine groups is 1. The van der Waals surface area contributed by atoms with E-state index in [0.717, 1.165) is 19.0 Å². The molecule has 126 valence electrons. The Kier molecular flexibility index (Phi) is 5.61. The van der Waals surface area contributed by atoms with Crippen LogP contribution < -0.4 is 5.32 Å². The molecule has 0 aromatic heterocycles. The third kappa shape index (κ3) is 3.95. The molecule has 3 aliphatic rings. The molecule has 3 rings (SSSR count). The highest BCUT2D eigenvalue weighted by atomic mass is 15.3. The summed E-state index contributed by atoms with van der Waals surface area (Å²) >= 11 is 0. The summed E-state index contributed by atoms with van der Waals surface area (Å²) in [5, 5.41) is 3.62. The second-order valence-electron chi connectivity index (χ2n) is 7.61. The van der Waals surface area contributed by atoms with Crippen LogP contribution >= 0.6 is 0 Å². The number of nitrogens with zero attached hydrogens (tertiary/aromatic N) is 3. The van der Waals surface area contributed by atoms with Crippen molar-refractivity contribution in [1.29, 1.82) is 0 Å². The molecule has 4 heteroatoms. The fraction of sp³-hybridized carbons (Fsp3) is 0.944. The topological polar surface area (TPSA) is 30.9 Å². The lowest BCUT2D eigenvalue weighted by Crippen LogP contribution is -2.44. The second kappa shape index (κ2) is 7.67.